The van der Waals surface area contributed by atoms with E-state index in [1.54, 1.807) is 11.3 Å². The van der Waals surface area contributed by atoms with Gasteiger partial charge in [0, 0.05) is 17.5 Å². The molecule has 5 rings (SSSR count). The number of hydrogen-bond donors (Lipinski definition) is 1. The van der Waals surface area contributed by atoms with Crippen LogP contribution in [0.3, 0.4) is 0 Å². The van der Waals surface area contributed by atoms with Gasteiger partial charge in [0.15, 0.2) is 0 Å². The topological polar surface area (TPSA) is 32.3 Å². The number of thiophene rings is 1. The van der Waals surface area contributed by atoms with E-state index in [1.807, 2.05) is 30.3 Å². The van der Waals surface area contributed by atoms with Crippen molar-refractivity contribution in [1.29, 1.82) is 0 Å². The van der Waals surface area contributed by atoms with Crippen molar-refractivity contribution in [3.05, 3.63) is 47.3 Å². The van der Waals surface area contributed by atoms with Crippen molar-refractivity contribution in [3.63, 3.8) is 0 Å². The molecular weight excluding hydrogens is 293 g/mol. The SMILES string of the molecule is O=C(N[C@H]1CN2CCC1CC2)[13c]1ccc(-c2ccccc2)s1. The lowest BCUT2D eigenvalue weighted by Crippen LogP contribution is -2.57. The molecule has 1 aromatic carbocycles. The number of carbonyl (C=O) groups is 1. The van der Waals surface area contributed by atoms with Gasteiger partial charge in [-0.15, -0.1) is 11.3 Å². The normalized spacial score (nSPS) is 26.8. The van der Waals surface area contributed by atoms with Gasteiger partial charge in [-0.25, -0.2) is 0 Å². The van der Waals surface area contributed by atoms with Crippen molar-refractivity contribution in [2.24, 2.45) is 5.92 Å². The molecule has 2 bridgehead atoms. The molecule has 4 heteroatoms. The number of amides is 1. The van der Waals surface area contributed by atoms with E-state index in [1.165, 1.54) is 31.5 Å². The number of nitrogens with zero attached hydrogens (tertiary/aromatic N) is 1. The summed E-state index contributed by atoms with van der Waals surface area (Å²) in [5, 5.41) is 3.26. The highest BCUT2D eigenvalue weighted by atomic mass is 32.1. The molecule has 4 heterocycles. The van der Waals surface area contributed by atoms with E-state index in [9.17, 15) is 4.79 Å². The Balaban J connectivity index is 1.46. The van der Waals surface area contributed by atoms with Gasteiger partial charge >= 0.3 is 0 Å². The maximum atomic E-state index is 12.5. The molecule has 0 aliphatic carbocycles. The Morgan fingerprint density at radius 3 is 2.55 bits per heavy atom. The van der Waals surface area contributed by atoms with Crippen LogP contribution < -0.4 is 5.32 Å². The maximum Gasteiger partial charge on any atom is 0.261 e. The van der Waals surface area contributed by atoms with Crippen LogP contribution in [-0.4, -0.2) is 36.5 Å². The molecule has 3 fully saturated rings. The predicted molar refractivity (Wildman–Crippen MR) is 90.2 cm³/mol. The number of nitrogens with one attached hydrogen (secondary N) is 1. The van der Waals surface area contributed by atoms with Crippen LogP contribution in [0.25, 0.3) is 10.4 Å². The molecule has 3 saturated heterocycles. The Kier molecular flexibility index (Phi) is 3.72. The van der Waals surface area contributed by atoms with Gasteiger partial charge in [0.05, 0.1) is 4.88 Å². The molecule has 1 N–H and O–H groups in total. The summed E-state index contributed by atoms with van der Waals surface area (Å²) in [5.74, 6) is 0.758. The second-order valence-corrected chi connectivity index (χ2v) is 7.33. The van der Waals surface area contributed by atoms with Gasteiger partial charge in [-0.05, 0) is 49.5 Å². The lowest BCUT2D eigenvalue weighted by atomic mass is 9.84. The highest BCUT2D eigenvalue weighted by Crippen LogP contribution is 2.30. The van der Waals surface area contributed by atoms with Gasteiger partial charge < -0.3 is 10.2 Å². The summed E-state index contributed by atoms with van der Waals surface area (Å²) in [6, 6.07) is 14.6. The molecule has 0 radical (unpaired) electrons. The van der Waals surface area contributed by atoms with Gasteiger partial charge in [-0.2, -0.15) is 0 Å². The minimum Gasteiger partial charge on any atom is -0.347 e. The monoisotopic (exact) mass is 313 g/mol. The molecule has 3 nitrogen and oxygen atoms in total. The molecule has 1 amide bonds. The molecular formula is C18H20N2OS. The number of fused-ring (bicyclic) bond motifs is 3. The van der Waals surface area contributed by atoms with E-state index in [2.05, 4.69) is 22.3 Å². The average Bonchev–Trinajstić information content (AvgIpc) is 3.07. The third-order valence-corrected chi connectivity index (χ3v) is 5.99. The zero-order valence-corrected chi connectivity index (χ0v) is 13.3. The van der Waals surface area contributed by atoms with Crippen LogP contribution in [0, 0.1) is 5.92 Å². The molecule has 1 aromatic heterocycles. The number of benzene rings is 1. The Morgan fingerprint density at radius 1 is 1.09 bits per heavy atom. The summed E-state index contributed by atoms with van der Waals surface area (Å²) in [5.41, 5.74) is 1.18. The first-order valence-electron chi connectivity index (χ1n) is 7.98. The second-order valence-electron chi connectivity index (χ2n) is 6.25. The summed E-state index contributed by atoms with van der Waals surface area (Å²) in [6.45, 7) is 3.43. The van der Waals surface area contributed by atoms with Crippen LogP contribution in [0.5, 0.6) is 0 Å². The first-order valence-corrected chi connectivity index (χ1v) is 8.80. The largest absolute Gasteiger partial charge is 0.347 e. The van der Waals surface area contributed by atoms with E-state index < -0.39 is 0 Å². The second kappa shape index (κ2) is 5.86. The molecule has 3 aliphatic heterocycles. The summed E-state index contributed by atoms with van der Waals surface area (Å²) >= 11 is 1.58. The molecule has 0 saturated carbocycles. The molecule has 22 heavy (non-hydrogen) atoms. The first-order chi connectivity index (χ1) is 10.8. The summed E-state index contributed by atoms with van der Waals surface area (Å²) in [6.07, 6.45) is 2.45. The molecule has 3 aliphatic rings. The fourth-order valence-corrected chi connectivity index (χ4v) is 4.50. The fourth-order valence-electron chi connectivity index (χ4n) is 3.59. The average molecular weight is 313 g/mol. The maximum absolute atomic E-state index is 12.5. The standard InChI is InChI=1S/C18H20N2OS/c21-18(19-15-12-20-10-8-13(15)9-11-20)17-7-6-16(22-17)14-4-2-1-3-5-14/h1-7,13,15H,8-12H2,(H,19,21)/t15-/m0/s1/i17+1. The summed E-state index contributed by atoms with van der Waals surface area (Å²) in [4.78, 5) is 16.9. The van der Waals surface area contributed by atoms with Crippen molar-refractivity contribution in [1.82, 2.24) is 10.2 Å². The third kappa shape index (κ3) is 2.69. The van der Waals surface area contributed by atoms with Gasteiger partial charge in [0.1, 0.15) is 0 Å². The zero-order valence-electron chi connectivity index (χ0n) is 12.5. The predicted octanol–water partition coefficient (Wildman–Crippen LogP) is 3.24. The number of piperidine rings is 3. The van der Waals surface area contributed by atoms with E-state index in [0.717, 1.165) is 16.3 Å². The number of carbonyl (C=O) groups excluding carboxylic acids is 1. The molecule has 1 atom stereocenters. The molecule has 0 spiro atoms. The van der Waals surface area contributed by atoms with Gasteiger partial charge in [-0.1, -0.05) is 30.3 Å². The van der Waals surface area contributed by atoms with E-state index in [-0.39, 0.29) is 5.91 Å². The minimum absolute atomic E-state index is 0.0888. The van der Waals surface area contributed by atoms with E-state index in [0.29, 0.717) is 12.0 Å². The van der Waals surface area contributed by atoms with Crippen molar-refractivity contribution in [3.8, 4) is 10.4 Å². The molecule has 2 aromatic rings. The van der Waals surface area contributed by atoms with Gasteiger partial charge in [0.2, 0.25) is 0 Å². The fraction of sp³-hybridized carbons (Fsp3) is 0.389. The van der Waals surface area contributed by atoms with Crippen LogP contribution in [0.1, 0.15) is 22.5 Å². The summed E-state index contributed by atoms with van der Waals surface area (Å²) in [7, 11) is 0. The Morgan fingerprint density at radius 2 is 1.86 bits per heavy atom. The van der Waals surface area contributed by atoms with E-state index >= 15 is 0 Å². The van der Waals surface area contributed by atoms with Crippen LogP contribution in [0.2, 0.25) is 0 Å². The highest BCUT2D eigenvalue weighted by molar-refractivity contribution is 7.17. The number of hydrogen-bond acceptors (Lipinski definition) is 3. The van der Waals surface area contributed by atoms with Crippen LogP contribution in [-0.2, 0) is 0 Å². The Labute approximate surface area is 135 Å². The van der Waals surface area contributed by atoms with Crippen molar-refractivity contribution in [2.45, 2.75) is 18.9 Å². The van der Waals surface area contributed by atoms with Gasteiger partial charge in [0.25, 0.3) is 5.91 Å². The van der Waals surface area contributed by atoms with Crippen molar-refractivity contribution < 1.29 is 4.79 Å². The van der Waals surface area contributed by atoms with Crippen LogP contribution in [0.15, 0.2) is 42.5 Å². The third-order valence-electron chi connectivity index (χ3n) is 4.86. The number of rotatable bonds is 3. The lowest BCUT2D eigenvalue weighted by molar-refractivity contribution is 0.0622. The Hall–Kier alpha value is -1.65. The van der Waals surface area contributed by atoms with Crippen molar-refractivity contribution in [2.75, 3.05) is 19.6 Å². The smallest absolute Gasteiger partial charge is 0.261 e. The highest BCUT2D eigenvalue weighted by Gasteiger charge is 2.35. The molecule has 0 unspecified atom stereocenters. The zero-order chi connectivity index (χ0) is 14.9. The minimum atomic E-state index is 0.0888. The summed E-state index contributed by atoms with van der Waals surface area (Å²) < 4.78 is 0. The van der Waals surface area contributed by atoms with E-state index in [4.69, 9.17) is 0 Å². The Bertz CT molecular complexity index is 659. The molecule has 114 valence electrons. The van der Waals surface area contributed by atoms with Crippen LogP contribution in [0.4, 0.5) is 0 Å². The quantitative estimate of drug-likeness (QED) is 0.943. The lowest BCUT2D eigenvalue weighted by Gasteiger charge is -2.44. The first kappa shape index (κ1) is 14.0. The van der Waals surface area contributed by atoms with Crippen molar-refractivity contribution >= 4 is 17.2 Å². The van der Waals surface area contributed by atoms with Crippen LogP contribution >= 0.6 is 11.3 Å². The van der Waals surface area contributed by atoms with Gasteiger partial charge in [-0.3, -0.25) is 4.79 Å².